The number of aromatic amines is 1. The van der Waals surface area contributed by atoms with Crippen LogP contribution in [0.15, 0.2) is 4.79 Å². The van der Waals surface area contributed by atoms with E-state index in [2.05, 4.69) is 19.9 Å². The van der Waals surface area contributed by atoms with Crippen molar-refractivity contribution in [3.63, 3.8) is 0 Å². The average molecular weight is 251 g/mol. The van der Waals surface area contributed by atoms with Crippen molar-refractivity contribution in [2.24, 2.45) is 0 Å². The van der Waals surface area contributed by atoms with E-state index >= 15 is 0 Å². The van der Waals surface area contributed by atoms with Crippen molar-refractivity contribution >= 4 is 17.1 Å². The fourth-order valence-corrected chi connectivity index (χ4v) is 1.58. The first-order valence-electron chi connectivity index (χ1n) is 5.30. The number of nitrogens with two attached hydrogens (primary N) is 1. The van der Waals surface area contributed by atoms with E-state index in [1.165, 1.54) is 6.92 Å². The van der Waals surface area contributed by atoms with Gasteiger partial charge in [-0.25, -0.2) is 9.97 Å². The summed E-state index contributed by atoms with van der Waals surface area (Å²) in [5.41, 5.74) is 5.47. The number of nitrogens with one attached hydrogen (secondary N) is 1. The molecule has 5 N–H and O–H groups in total. The molecule has 2 heterocycles. The van der Waals surface area contributed by atoms with Gasteiger partial charge < -0.3 is 15.9 Å². The molecule has 18 heavy (non-hydrogen) atoms. The van der Waals surface area contributed by atoms with E-state index in [1.807, 2.05) is 0 Å². The maximum atomic E-state index is 11.6. The quantitative estimate of drug-likeness (QED) is 0.538. The van der Waals surface area contributed by atoms with Gasteiger partial charge in [-0.05, 0) is 13.8 Å². The summed E-state index contributed by atoms with van der Waals surface area (Å²) < 4.78 is 0. The van der Waals surface area contributed by atoms with Crippen LogP contribution in [0.3, 0.4) is 0 Å². The third-order valence-corrected chi connectivity index (χ3v) is 2.51. The van der Waals surface area contributed by atoms with Gasteiger partial charge in [-0.2, -0.15) is 4.98 Å². The predicted octanol–water partition coefficient (Wildman–Crippen LogP) is -0.982. The van der Waals surface area contributed by atoms with Gasteiger partial charge in [0.2, 0.25) is 5.95 Å². The zero-order valence-corrected chi connectivity index (χ0v) is 9.88. The van der Waals surface area contributed by atoms with Crippen molar-refractivity contribution in [3.8, 4) is 0 Å². The van der Waals surface area contributed by atoms with Gasteiger partial charge in [0.05, 0.1) is 17.5 Å². The van der Waals surface area contributed by atoms with Crippen LogP contribution in [0.4, 0.5) is 5.95 Å². The molecule has 0 saturated heterocycles. The van der Waals surface area contributed by atoms with Gasteiger partial charge in [0.15, 0.2) is 11.2 Å². The molecule has 0 amide bonds. The molecule has 8 nitrogen and oxygen atoms in total. The zero-order chi connectivity index (χ0) is 13.4. The number of hydrogen-bond acceptors (Lipinski definition) is 7. The second-order valence-electron chi connectivity index (χ2n) is 4.00. The topological polar surface area (TPSA) is 138 Å². The lowest BCUT2D eigenvalue weighted by atomic mass is 10.1. The Labute approximate surface area is 102 Å². The summed E-state index contributed by atoms with van der Waals surface area (Å²) in [6.45, 7) is 3.02. The van der Waals surface area contributed by atoms with Crippen molar-refractivity contribution in [3.05, 3.63) is 21.7 Å². The van der Waals surface area contributed by atoms with Crippen molar-refractivity contribution in [1.29, 1.82) is 0 Å². The Morgan fingerprint density at radius 3 is 2.56 bits per heavy atom. The number of aliphatic hydroxyl groups excluding tert-OH is 2. The van der Waals surface area contributed by atoms with Crippen LogP contribution >= 0.6 is 0 Å². The first-order valence-corrected chi connectivity index (χ1v) is 5.30. The van der Waals surface area contributed by atoms with Gasteiger partial charge in [-0.1, -0.05) is 0 Å². The summed E-state index contributed by atoms with van der Waals surface area (Å²) in [5.74, 6) is -0.0509. The molecule has 0 fully saturated rings. The highest BCUT2D eigenvalue weighted by molar-refractivity contribution is 5.69. The predicted molar refractivity (Wildman–Crippen MR) is 63.7 cm³/mol. The van der Waals surface area contributed by atoms with Crippen molar-refractivity contribution in [1.82, 2.24) is 19.9 Å². The van der Waals surface area contributed by atoms with Crippen molar-refractivity contribution in [2.45, 2.75) is 26.1 Å². The van der Waals surface area contributed by atoms with Gasteiger partial charge in [0.1, 0.15) is 6.10 Å². The van der Waals surface area contributed by atoms with Gasteiger partial charge in [0, 0.05) is 0 Å². The van der Waals surface area contributed by atoms with Crippen LogP contribution in [0, 0.1) is 6.92 Å². The number of fused-ring (bicyclic) bond motifs is 1. The summed E-state index contributed by atoms with van der Waals surface area (Å²) in [6.07, 6.45) is -2.23. The molecule has 0 aliphatic rings. The number of anilines is 1. The van der Waals surface area contributed by atoms with Crippen LogP contribution in [-0.2, 0) is 0 Å². The first kappa shape index (κ1) is 12.4. The Morgan fingerprint density at radius 2 is 1.94 bits per heavy atom. The molecule has 8 heteroatoms. The van der Waals surface area contributed by atoms with Crippen LogP contribution in [0.2, 0.25) is 0 Å². The van der Waals surface area contributed by atoms with Crippen LogP contribution in [-0.4, -0.2) is 36.3 Å². The smallest absolute Gasteiger partial charge is 0.280 e. The summed E-state index contributed by atoms with van der Waals surface area (Å²) in [4.78, 5) is 25.8. The minimum atomic E-state index is -1.21. The number of hydrogen-bond donors (Lipinski definition) is 4. The highest BCUT2D eigenvalue weighted by atomic mass is 16.3. The first-order chi connectivity index (χ1) is 8.40. The Morgan fingerprint density at radius 1 is 1.28 bits per heavy atom. The van der Waals surface area contributed by atoms with E-state index in [0.29, 0.717) is 5.69 Å². The van der Waals surface area contributed by atoms with E-state index in [1.54, 1.807) is 6.92 Å². The van der Waals surface area contributed by atoms with Gasteiger partial charge in [0.25, 0.3) is 5.56 Å². The lowest BCUT2D eigenvalue weighted by molar-refractivity contribution is 0.0273. The molecular weight excluding hydrogens is 238 g/mol. The lowest BCUT2D eigenvalue weighted by Gasteiger charge is -2.14. The number of nitrogens with zero attached hydrogens (tertiary/aromatic N) is 3. The van der Waals surface area contributed by atoms with E-state index < -0.39 is 17.8 Å². The van der Waals surface area contributed by atoms with Crippen molar-refractivity contribution in [2.75, 3.05) is 5.73 Å². The number of aryl methyl sites for hydroxylation is 1. The largest absolute Gasteiger partial charge is 0.390 e. The average Bonchev–Trinajstić information content (AvgIpc) is 2.26. The SMILES string of the molecule is Cc1nc2nc(N)[nH]c(=O)c2nc1[C@H](O)[C@@H](C)O. The van der Waals surface area contributed by atoms with Gasteiger partial charge in [-0.15, -0.1) is 0 Å². The van der Waals surface area contributed by atoms with E-state index in [0.717, 1.165) is 0 Å². The van der Waals surface area contributed by atoms with E-state index in [4.69, 9.17) is 5.73 Å². The summed E-state index contributed by atoms with van der Waals surface area (Å²) >= 11 is 0. The number of rotatable bonds is 2. The second kappa shape index (κ2) is 4.31. The maximum Gasteiger partial charge on any atom is 0.280 e. The minimum absolute atomic E-state index is 0.0236. The molecule has 2 atom stereocenters. The molecule has 0 unspecified atom stereocenters. The molecule has 2 aromatic heterocycles. The monoisotopic (exact) mass is 251 g/mol. The molecule has 0 aliphatic carbocycles. The van der Waals surface area contributed by atoms with Crippen LogP contribution < -0.4 is 11.3 Å². The fourth-order valence-electron chi connectivity index (χ4n) is 1.58. The minimum Gasteiger partial charge on any atom is -0.390 e. The number of aliphatic hydroxyl groups is 2. The molecule has 0 spiro atoms. The normalized spacial score (nSPS) is 14.7. The Bertz CT molecular complexity index is 652. The number of aromatic nitrogens is 4. The van der Waals surface area contributed by atoms with Crippen LogP contribution in [0.1, 0.15) is 24.4 Å². The molecule has 0 bridgehead atoms. The highest BCUT2D eigenvalue weighted by Gasteiger charge is 2.20. The van der Waals surface area contributed by atoms with Crippen LogP contribution in [0.25, 0.3) is 11.2 Å². The third kappa shape index (κ3) is 2.03. The lowest BCUT2D eigenvalue weighted by Crippen LogP contribution is -2.20. The van der Waals surface area contributed by atoms with Crippen LogP contribution in [0.5, 0.6) is 0 Å². The van der Waals surface area contributed by atoms with E-state index in [-0.39, 0.29) is 22.8 Å². The standard InChI is InChI=1S/C10H13N5O3/c1-3-5(7(17)4(2)16)13-6-8(12-3)14-10(11)15-9(6)18/h4,7,16-17H,1-2H3,(H3,11,12,14,15,18)/t4-,7-/m1/s1. The maximum absolute atomic E-state index is 11.6. The molecule has 0 radical (unpaired) electrons. The molecule has 96 valence electrons. The second-order valence-corrected chi connectivity index (χ2v) is 4.00. The number of H-pyrrole nitrogens is 1. The molecule has 2 rings (SSSR count). The summed E-state index contributed by atoms with van der Waals surface area (Å²) in [5, 5.41) is 19.1. The fraction of sp³-hybridized carbons (Fsp3) is 0.400. The van der Waals surface area contributed by atoms with E-state index in [9.17, 15) is 15.0 Å². The molecule has 0 aromatic carbocycles. The third-order valence-electron chi connectivity index (χ3n) is 2.51. The molecule has 0 saturated carbocycles. The van der Waals surface area contributed by atoms with Gasteiger partial charge >= 0.3 is 0 Å². The number of nitrogen functional groups attached to an aromatic ring is 1. The Balaban J connectivity index is 2.72. The zero-order valence-electron chi connectivity index (χ0n) is 9.88. The van der Waals surface area contributed by atoms with Crippen molar-refractivity contribution < 1.29 is 10.2 Å². The summed E-state index contributed by atoms with van der Waals surface area (Å²) in [7, 11) is 0. The van der Waals surface area contributed by atoms with Gasteiger partial charge in [-0.3, -0.25) is 9.78 Å². The molecule has 2 aromatic rings. The summed E-state index contributed by atoms with van der Waals surface area (Å²) in [6, 6.07) is 0. The molecule has 0 aliphatic heterocycles. The highest BCUT2D eigenvalue weighted by Crippen LogP contribution is 2.18. The Kier molecular flexibility index (Phi) is 2.97. The molecular formula is C10H13N5O3. The Hall–Kier alpha value is -2.06.